The van der Waals surface area contributed by atoms with Crippen molar-refractivity contribution in [1.82, 2.24) is 65.0 Å². The second-order valence-corrected chi connectivity index (χ2v) is 21.2. The molecular weight excluding hydrogens is 2640 g/mol. The minimum Gasteiger partial charge on any atom is -0.573 e. The largest absolute Gasteiger partial charge is 0.573 e. The fourth-order valence-electron chi connectivity index (χ4n) is 8.55. The number of hydrogen-bond acceptors (Lipinski definition) is 14. The van der Waals surface area contributed by atoms with Crippen LogP contribution in [0, 0.1) is 114 Å². The Morgan fingerprint density at radius 3 is 1.04 bits per heavy atom. The predicted molar refractivity (Wildman–Crippen MR) is 373 cm³/mol. The van der Waals surface area contributed by atoms with Crippen molar-refractivity contribution < 1.29 is 201 Å². The molecule has 0 bridgehead atoms. The molecule has 0 fully saturated rings. The van der Waals surface area contributed by atoms with Gasteiger partial charge in [-0.25, -0.2) is 36.1 Å². The number of hydrogen-bond donors (Lipinski definition) is 2. The van der Waals surface area contributed by atoms with E-state index < -0.39 is 94.1 Å². The molecule has 6 radical (unpaired) electrons. The summed E-state index contributed by atoms with van der Waals surface area (Å²) in [6, 6.07) is 61.2. The molecule has 3 aromatic carbocycles. The van der Waals surface area contributed by atoms with Crippen molar-refractivity contribution in [2.24, 2.45) is 0 Å². The number of aromatic carboxylic acids is 1. The zero-order chi connectivity index (χ0) is 80.5. The third-order valence-corrected chi connectivity index (χ3v) is 13.6. The van der Waals surface area contributed by atoms with Crippen LogP contribution >= 0.6 is 0 Å². The number of benzene rings is 3. The van der Waals surface area contributed by atoms with E-state index in [0.29, 0.717) is 45.4 Å². The number of pyridine rings is 11. The number of nitrogens with zero attached hydrogens (tertiary/aromatic N) is 14. The number of aliphatic hydroxyl groups is 1. The van der Waals surface area contributed by atoms with Crippen LogP contribution in [-0.2, 0) is 133 Å². The SMILES string of the molecule is FC(F)(F)c1cc(-c2ccccn2)[n-]n1.Fc1c[c-]c(-c2ccccn2)c(F)c1.Fc1c[c-]c(-c2ccccn2)c(F)n1.Fc1c[c-]c(-c2ccccn2)c(F)n1.Fc1c[c-]c(-c2ccccn2)c(F)n1.O=C(O)c1ccccn1.OCc1ccnc(-c2[c-]cc(F)cc2F)c1.[C-]#[N+]c1c(F)c[c-]c(-c2ccccn2)c1F.[Ir].[Ir].[Ir].[Ir].[Ir].[Ir]. The maximum atomic E-state index is 13.7. The molecule has 0 saturated heterocycles. The summed E-state index contributed by atoms with van der Waals surface area (Å²) >= 11 is 0. The van der Waals surface area contributed by atoms with Crippen molar-refractivity contribution in [3.05, 3.63) is 379 Å². The topological polar surface area (TPSA) is 231 Å². The maximum absolute atomic E-state index is 13.7. The van der Waals surface area contributed by atoms with Crippen molar-refractivity contribution in [3.63, 3.8) is 0 Å². The van der Waals surface area contributed by atoms with Gasteiger partial charge in [0.05, 0.1) is 13.2 Å². The zero-order valence-corrected chi connectivity index (χ0v) is 72.9. The fraction of sp³-hybridized carbons (Fsp3) is 0.0250. The summed E-state index contributed by atoms with van der Waals surface area (Å²) in [5.74, 6) is -10.9. The van der Waals surface area contributed by atoms with Gasteiger partial charge in [0.2, 0.25) is 0 Å². The number of aliphatic hydroxyl groups excluding tert-OH is 1. The number of carbonyl (C=O) groups is 1. The predicted octanol–water partition coefficient (Wildman–Crippen LogP) is 18.1. The molecule has 12 aromatic heterocycles. The van der Waals surface area contributed by atoms with Gasteiger partial charge in [0, 0.05) is 211 Å². The Labute approximate surface area is 742 Å². The fourth-order valence-corrected chi connectivity index (χ4v) is 8.55. The van der Waals surface area contributed by atoms with E-state index in [0.717, 1.165) is 54.6 Å². The van der Waals surface area contributed by atoms with Crippen LogP contribution in [0.2, 0.25) is 0 Å². The summed E-state index contributed by atoms with van der Waals surface area (Å²) in [6.45, 7) is 6.54. The van der Waals surface area contributed by atoms with E-state index in [-0.39, 0.29) is 172 Å². The average Bonchev–Trinajstić information content (AvgIpc) is 1.75. The molecule has 0 aliphatic rings. The molecule has 17 nitrogen and oxygen atoms in total. The van der Waals surface area contributed by atoms with Gasteiger partial charge in [-0.2, -0.15) is 13.2 Å². The van der Waals surface area contributed by atoms with Crippen LogP contribution in [0.25, 0.3) is 83.8 Å². The minimum absolute atomic E-state index is 0. The summed E-state index contributed by atoms with van der Waals surface area (Å²) in [6.07, 6.45) is 7.53. The van der Waals surface area contributed by atoms with Gasteiger partial charge in [-0.1, -0.05) is 143 Å². The van der Waals surface area contributed by atoms with Gasteiger partial charge in [-0.3, -0.25) is 51.1 Å². The molecule has 118 heavy (non-hydrogen) atoms. The van der Waals surface area contributed by atoms with E-state index in [4.69, 9.17) is 16.8 Å². The summed E-state index contributed by atoms with van der Waals surface area (Å²) in [5, 5.41) is 23.7. The van der Waals surface area contributed by atoms with E-state index >= 15 is 0 Å². The molecule has 0 amide bonds. The molecular formula is C80H44F15Ir6N14O3-7. The van der Waals surface area contributed by atoms with Crippen LogP contribution in [0.5, 0.6) is 0 Å². The monoisotopic (exact) mass is 2690 g/mol. The Morgan fingerprint density at radius 1 is 0.390 bits per heavy atom. The summed E-state index contributed by atoms with van der Waals surface area (Å²) in [4.78, 5) is 53.1. The number of carboxylic acids is 1. The zero-order valence-electron chi connectivity index (χ0n) is 58.5. The van der Waals surface area contributed by atoms with Crippen molar-refractivity contribution in [2.75, 3.05) is 0 Å². The van der Waals surface area contributed by atoms with Gasteiger partial charge < -0.3 is 50.3 Å². The Kier molecular flexibility index (Phi) is 46.3. The van der Waals surface area contributed by atoms with Gasteiger partial charge in [-0.05, 0) is 106 Å². The van der Waals surface area contributed by atoms with Gasteiger partial charge >= 0.3 is 12.1 Å². The standard InChI is InChI=1S/C12H5F2N2.C12H8F2NO.C11H6F2N.3C10H5F2N2.C9H5F3N3.C6H5NO2.6Ir/c1-15-12-9(13)6-5-8(11(12)14)10-4-2-3-7-16-10;13-9-1-2-10(11(14)6-9)12-5-8(7-16)3-4-15-12;12-8-4-5-9(10(13)7-8)11-3-1-2-6-14-11;3*11-9-5-4-7(10(12)14-9)8-3-1-2-6-13-8;10-9(11,12)8-5-7(14-15-8)6-3-1-2-4-13-6;8-6(9)5-3-1-2-4-7-5;;;;;;/h2-4,6-7H;1,3-6,16H,7H2;1-4,6-7H;3*1-3,5-6H;1-5H;1-4H,(H,8,9);;;;;;/q7*-1;;;;;;;. The second kappa shape index (κ2) is 52.9. The van der Waals surface area contributed by atoms with Crippen LogP contribution in [0.15, 0.2) is 244 Å². The molecule has 0 aliphatic carbocycles. The molecule has 12 heterocycles. The molecule has 0 unspecified atom stereocenters. The molecule has 0 saturated carbocycles. The van der Waals surface area contributed by atoms with E-state index in [1.54, 1.807) is 134 Å². The van der Waals surface area contributed by atoms with Crippen LogP contribution < -0.4 is 5.10 Å². The first-order valence-corrected chi connectivity index (χ1v) is 31.4. The number of aromatic nitrogens is 13. The maximum Gasteiger partial charge on any atom is 0.431 e. The van der Waals surface area contributed by atoms with Gasteiger partial charge in [0.15, 0.2) is 5.69 Å². The number of alkyl halides is 3. The number of halogens is 15. The number of rotatable bonds is 9. The van der Waals surface area contributed by atoms with Crippen LogP contribution in [0.4, 0.5) is 71.5 Å². The first-order chi connectivity index (χ1) is 53.9. The van der Waals surface area contributed by atoms with E-state index in [9.17, 15) is 70.7 Å². The van der Waals surface area contributed by atoms with E-state index in [2.05, 4.69) is 106 Å². The molecule has 618 valence electrons. The third-order valence-electron chi connectivity index (χ3n) is 13.6. The molecule has 15 rings (SSSR count). The Hall–Kier alpha value is -10.7. The first-order valence-electron chi connectivity index (χ1n) is 31.4. The minimum atomic E-state index is -4.46. The van der Waals surface area contributed by atoms with Crippen molar-refractivity contribution in [3.8, 4) is 78.9 Å². The number of carboxylic acid groups (broad SMARTS) is 1. The van der Waals surface area contributed by atoms with Crippen molar-refractivity contribution >= 4 is 11.7 Å². The Bertz CT molecular complexity index is 5230. The van der Waals surface area contributed by atoms with Crippen molar-refractivity contribution in [1.29, 1.82) is 0 Å². The Balaban J connectivity index is 0.000000455. The van der Waals surface area contributed by atoms with Crippen LogP contribution in [-0.4, -0.2) is 76.1 Å². The van der Waals surface area contributed by atoms with E-state index in [1.165, 1.54) is 55.5 Å². The summed E-state index contributed by atoms with van der Waals surface area (Å²) in [5.41, 5.74) is 2.35. The summed E-state index contributed by atoms with van der Waals surface area (Å²) < 4.78 is 192. The van der Waals surface area contributed by atoms with Gasteiger partial charge in [0.25, 0.3) is 0 Å². The summed E-state index contributed by atoms with van der Waals surface area (Å²) in [7, 11) is 0. The normalized spacial score (nSPS) is 9.72. The van der Waals surface area contributed by atoms with Crippen LogP contribution in [0.3, 0.4) is 0 Å². The molecule has 0 spiro atoms. The molecule has 15 aromatic rings. The Morgan fingerprint density at radius 2 is 0.729 bits per heavy atom. The molecule has 2 N–H and O–H groups in total. The molecule has 0 aliphatic heterocycles. The average molecular weight is 2690 g/mol. The van der Waals surface area contributed by atoms with Gasteiger partial charge in [0.1, 0.15) is 47.1 Å². The van der Waals surface area contributed by atoms with Crippen LogP contribution in [0.1, 0.15) is 21.7 Å². The quantitative estimate of drug-likeness (QED) is 0.0777. The third kappa shape index (κ3) is 32.3. The van der Waals surface area contributed by atoms with E-state index in [1.807, 2.05) is 0 Å². The molecule has 0 atom stereocenters. The van der Waals surface area contributed by atoms with Gasteiger partial charge in [-0.15, -0.1) is 60.2 Å². The molecule has 38 heteroatoms. The first kappa shape index (κ1) is 103. The smallest absolute Gasteiger partial charge is 0.431 e. The van der Waals surface area contributed by atoms with Crippen molar-refractivity contribution in [2.45, 2.75) is 12.8 Å². The second-order valence-electron chi connectivity index (χ2n) is 21.2.